The molecule has 1 atom stereocenters. The van der Waals surface area contributed by atoms with Crippen LogP contribution in [0.1, 0.15) is 29.5 Å². The van der Waals surface area contributed by atoms with Gasteiger partial charge in [0, 0.05) is 16.4 Å². The monoisotopic (exact) mass is 339 g/mol. The van der Waals surface area contributed by atoms with Crippen LogP contribution in [-0.4, -0.2) is 34.4 Å². The van der Waals surface area contributed by atoms with Crippen molar-refractivity contribution in [3.8, 4) is 0 Å². The van der Waals surface area contributed by atoms with Gasteiger partial charge in [0.05, 0.1) is 17.6 Å². The molecule has 3 nitrogen and oxygen atoms in total. The van der Waals surface area contributed by atoms with E-state index in [9.17, 15) is 4.79 Å². The van der Waals surface area contributed by atoms with Crippen molar-refractivity contribution >= 4 is 51.6 Å². The van der Waals surface area contributed by atoms with Gasteiger partial charge in [0.15, 0.2) is 0 Å². The third kappa shape index (κ3) is 3.39. The number of carbonyl (C=O) groups excluding carboxylic acids is 1. The van der Waals surface area contributed by atoms with Crippen molar-refractivity contribution < 1.29 is 9.53 Å². The zero-order valence-electron chi connectivity index (χ0n) is 11.8. The van der Waals surface area contributed by atoms with Gasteiger partial charge in [0.2, 0.25) is 0 Å². The van der Waals surface area contributed by atoms with Gasteiger partial charge < -0.3 is 4.74 Å². The Morgan fingerprint density at radius 1 is 1.52 bits per heavy atom. The first-order valence-electron chi connectivity index (χ1n) is 7.13. The van der Waals surface area contributed by atoms with Crippen molar-refractivity contribution in [3.05, 3.63) is 26.8 Å². The minimum atomic E-state index is 0.0203. The summed E-state index contributed by atoms with van der Waals surface area (Å²) >= 11 is 8.47. The summed E-state index contributed by atoms with van der Waals surface area (Å²) in [4.78, 5) is 17.3. The molecule has 0 radical (unpaired) electrons. The molecule has 2 saturated heterocycles. The molecule has 1 amide bonds. The van der Waals surface area contributed by atoms with E-state index in [1.165, 1.54) is 16.6 Å². The SMILES string of the molecule is CCc1ccc(/C=C2\SC(=S)N(C[C@@H]3CCCO3)C2=O)s1. The molecule has 6 heteroatoms. The summed E-state index contributed by atoms with van der Waals surface area (Å²) in [5.41, 5.74) is 0. The zero-order valence-corrected chi connectivity index (χ0v) is 14.3. The molecule has 2 aliphatic heterocycles. The molecule has 0 saturated carbocycles. The van der Waals surface area contributed by atoms with E-state index >= 15 is 0 Å². The van der Waals surface area contributed by atoms with E-state index < -0.39 is 0 Å². The number of aryl methyl sites for hydroxylation is 1. The van der Waals surface area contributed by atoms with Crippen LogP contribution in [0.25, 0.3) is 6.08 Å². The normalized spacial score (nSPS) is 24.5. The molecule has 0 bridgehead atoms. The number of rotatable bonds is 4. The molecule has 0 aromatic carbocycles. The smallest absolute Gasteiger partial charge is 0.266 e. The molecule has 0 spiro atoms. The molecule has 0 aliphatic carbocycles. The van der Waals surface area contributed by atoms with Gasteiger partial charge in [-0.2, -0.15) is 0 Å². The summed E-state index contributed by atoms with van der Waals surface area (Å²) in [5, 5.41) is 0. The Morgan fingerprint density at radius 2 is 2.38 bits per heavy atom. The fourth-order valence-electron chi connectivity index (χ4n) is 2.44. The lowest BCUT2D eigenvalue weighted by Crippen LogP contribution is -2.35. The van der Waals surface area contributed by atoms with Crippen LogP contribution in [0.5, 0.6) is 0 Å². The third-order valence-electron chi connectivity index (χ3n) is 3.59. The Kier molecular flexibility index (Phi) is 4.78. The number of hydrogen-bond donors (Lipinski definition) is 0. The highest BCUT2D eigenvalue weighted by molar-refractivity contribution is 8.26. The molecule has 0 unspecified atom stereocenters. The highest BCUT2D eigenvalue weighted by Crippen LogP contribution is 2.34. The number of carbonyl (C=O) groups is 1. The van der Waals surface area contributed by atoms with Crippen molar-refractivity contribution in [3.63, 3.8) is 0 Å². The molecule has 0 N–H and O–H groups in total. The molecular weight excluding hydrogens is 322 g/mol. The lowest BCUT2D eigenvalue weighted by atomic mass is 10.2. The second-order valence-corrected chi connectivity index (χ2v) is 7.96. The van der Waals surface area contributed by atoms with Gasteiger partial charge in [-0.25, -0.2) is 0 Å². The highest BCUT2D eigenvalue weighted by atomic mass is 32.2. The van der Waals surface area contributed by atoms with Crippen LogP contribution in [-0.2, 0) is 16.0 Å². The van der Waals surface area contributed by atoms with E-state index in [1.807, 2.05) is 6.08 Å². The van der Waals surface area contributed by atoms with Gasteiger partial charge in [-0.15, -0.1) is 11.3 Å². The molecule has 3 rings (SSSR count). The molecular formula is C15H17NO2S3. The van der Waals surface area contributed by atoms with Crippen molar-refractivity contribution in [1.82, 2.24) is 4.90 Å². The van der Waals surface area contributed by atoms with Gasteiger partial charge in [-0.1, -0.05) is 30.9 Å². The second kappa shape index (κ2) is 6.60. The molecule has 3 heterocycles. The van der Waals surface area contributed by atoms with E-state index in [4.69, 9.17) is 17.0 Å². The zero-order chi connectivity index (χ0) is 14.8. The maximum absolute atomic E-state index is 12.5. The van der Waals surface area contributed by atoms with Crippen LogP contribution in [0.2, 0.25) is 0 Å². The molecule has 2 fully saturated rings. The predicted molar refractivity (Wildman–Crippen MR) is 92.6 cm³/mol. The van der Waals surface area contributed by atoms with Gasteiger partial charge in [-0.05, 0) is 37.5 Å². The van der Waals surface area contributed by atoms with Crippen LogP contribution >= 0.6 is 35.3 Å². The van der Waals surface area contributed by atoms with E-state index in [1.54, 1.807) is 16.2 Å². The van der Waals surface area contributed by atoms with Gasteiger partial charge in [0.25, 0.3) is 5.91 Å². The van der Waals surface area contributed by atoms with Crippen LogP contribution in [0.4, 0.5) is 0 Å². The second-order valence-electron chi connectivity index (χ2n) is 5.08. The van der Waals surface area contributed by atoms with E-state index in [2.05, 4.69) is 19.1 Å². The summed E-state index contributed by atoms with van der Waals surface area (Å²) in [7, 11) is 0. The molecule has 112 valence electrons. The Balaban J connectivity index is 1.72. The topological polar surface area (TPSA) is 29.5 Å². The fraction of sp³-hybridized carbons (Fsp3) is 0.467. The Morgan fingerprint density at radius 3 is 3.05 bits per heavy atom. The molecule has 2 aliphatic rings. The fourth-order valence-corrected chi connectivity index (χ4v) is 4.68. The van der Waals surface area contributed by atoms with Crippen LogP contribution in [0.15, 0.2) is 17.0 Å². The van der Waals surface area contributed by atoms with Crippen molar-refractivity contribution in [2.24, 2.45) is 0 Å². The Hall–Kier alpha value is -0.690. The maximum atomic E-state index is 12.5. The highest BCUT2D eigenvalue weighted by Gasteiger charge is 2.34. The number of ether oxygens (including phenoxy) is 1. The van der Waals surface area contributed by atoms with E-state index in [0.717, 1.165) is 35.7 Å². The van der Waals surface area contributed by atoms with Crippen LogP contribution in [0.3, 0.4) is 0 Å². The Bertz CT molecular complexity index is 587. The number of hydrogen-bond acceptors (Lipinski definition) is 5. The van der Waals surface area contributed by atoms with Crippen LogP contribution < -0.4 is 0 Å². The lowest BCUT2D eigenvalue weighted by Gasteiger charge is -2.18. The first-order valence-corrected chi connectivity index (χ1v) is 9.17. The van der Waals surface area contributed by atoms with Gasteiger partial charge in [-0.3, -0.25) is 9.69 Å². The number of thioether (sulfide) groups is 1. The summed E-state index contributed by atoms with van der Waals surface area (Å²) in [6.07, 6.45) is 5.21. The summed E-state index contributed by atoms with van der Waals surface area (Å²) < 4.78 is 6.25. The van der Waals surface area contributed by atoms with Gasteiger partial charge >= 0.3 is 0 Å². The van der Waals surface area contributed by atoms with E-state index in [0.29, 0.717) is 10.9 Å². The average molecular weight is 340 g/mol. The van der Waals surface area contributed by atoms with E-state index in [-0.39, 0.29) is 12.0 Å². The quantitative estimate of drug-likeness (QED) is 0.618. The number of nitrogens with zero attached hydrogens (tertiary/aromatic N) is 1. The first-order chi connectivity index (χ1) is 10.2. The summed E-state index contributed by atoms with van der Waals surface area (Å²) in [6, 6.07) is 4.18. The minimum Gasteiger partial charge on any atom is -0.376 e. The van der Waals surface area contributed by atoms with Crippen molar-refractivity contribution in [2.45, 2.75) is 32.3 Å². The Labute approximate surface area is 138 Å². The van der Waals surface area contributed by atoms with Crippen molar-refractivity contribution in [1.29, 1.82) is 0 Å². The molecule has 21 heavy (non-hydrogen) atoms. The maximum Gasteiger partial charge on any atom is 0.266 e. The van der Waals surface area contributed by atoms with Gasteiger partial charge in [0.1, 0.15) is 4.32 Å². The lowest BCUT2D eigenvalue weighted by molar-refractivity contribution is -0.123. The predicted octanol–water partition coefficient (Wildman–Crippen LogP) is 3.69. The largest absolute Gasteiger partial charge is 0.376 e. The molecule has 1 aromatic heterocycles. The third-order valence-corrected chi connectivity index (χ3v) is 6.14. The standard InChI is InChI=1S/C15H17NO2S3/c1-2-11-5-6-12(20-11)8-13-14(17)16(15(19)21-13)9-10-4-3-7-18-10/h5-6,8,10H,2-4,7,9H2,1H3/b13-8-/t10-/m0/s1. The number of thiophene rings is 1. The number of thiocarbonyl (C=S) groups is 1. The molecule has 1 aromatic rings. The minimum absolute atomic E-state index is 0.0203. The number of amides is 1. The average Bonchev–Trinajstić information content (AvgIpc) is 3.18. The summed E-state index contributed by atoms with van der Waals surface area (Å²) in [5.74, 6) is 0.0203. The van der Waals surface area contributed by atoms with Crippen molar-refractivity contribution in [2.75, 3.05) is 13.2 Å². The van der Waals surface area contributed by atoms with Crippen LogP contribution in [0, 0.1) is 0 Å². The summed E-state index contributed by atoms with van der Waals surface area (Å²) in [6.45, 7) is 3.52. The first kappa shape index (κ1) is 15.2.